The standard InChI is InChI=1S/C26H28N4/c1-7-26(5)19-14-10-11-15-20(19)30-21-16-27-22(18-13-9-8-12-17(18)2)28-23(21)29(6)24(30)25(26,3)4/h7-16,24H,1H2,2-6H3. The Hall–Kier alpha value is -3.14. The second-order valence-corrected chi connectivity index (χ2v) is 9.22. The normalized spacial score (nSPS) is 23.6. The molecule has 0 radical (unpaired) electrons. The molecule has 3 heterocycles. The van der Waals surface area contributed by atoms with Crippen molar-refractivity contribution in [2.24, 2.45) is 5.41 Å². The van der Waals surface area contributed by atoms with Crippen molar-refractivity contribution in [1.82, 2.24) is 9.97 Å². The summed E-state index contributed by atoms with van der Waals surface area (Å²) in [6.07, 6.45) is 4.22. The van der Waals surface area contributed by atoms with E-state index in [1.807, 2.05) is 18.3 Å². The number of nitrogens with zero attached hydrogens (tertiary/aromatic N) is 4. The van der Waals surface area contributed by atoms with Crippen molar-refractivity contribution in [3.8, 4) is 11.4 Å². The first-order valence-corrected chi connectivity index (χ1v) is 10.5. The quantitative estimate of drug-likeness (QED) is 0.509. The molecule has 1 aromatic heterocycles. The molecule has 0 bridgehead atoms. The van der Waals surface area contributed by atoms with Gasteiger partial charge in [0.05, 0.1) is 6.20 Å². The fourth-order valence-electron chi connectivity index (χ4n) is 5.35. The van der Waals surface area contributed by atoms with E-state index in [1.165, 1.54) is 16.8 Å². The second kappa shape index (κ2) is 6.18. The van der Waals surface area contributed by atoms with Gasteiger partial charge in [0.2, 0.25) is 0 Å². The van der Waals surface area contributed by atoms with Gasteiger partial charge >= 0.3 is 0 Å². The summed E-state index contributed by atoms with van der Waals surface area (Å²) in [4.78, 5) is 14.6. The summed E-state index contributed by atoms with van der Waals surface area (Å²) >= 11 is 0. The number of allylic oxidation sites excluding steroid dienone is 1. The summed E-state index contributed by atoms with van der Waals surface area (Å²) in [6.45, 7) is 13.3. The maximum atomic E-state index is 5.05. The Balaban J connectivity index is 1.74. The van der Waals surface area contributed by atoms with Crippen molar-refractivity contribution in [1.29, 1.82) is 0 Å². The van der Waals surface area contributed by atoms with Crippen LogP contribution in [0.1, 0.15) is 31.9 Å². The number of fused-ring (bicyclic) bond motifs is 5. The smallest absolute Gasteiger partial charge is 0.161 e. The molecule has 152 valence electrons. The number of hydrogen-bond donors (Lipinski definition) is 0. The average Bonchev–Trinajstić information content (AvgIpc) is 3.05. The molecule has 0 saturated carbocycles. The monoisotopic (exact) mass is 396 g/mol. The van der Waals surface area contributed by atoms with Gasteiger partial charge in [-0.05, 0) is 24.1 Å². The number of aromatic nitrogens is 2. The molecule has 4 heteroatoms. The maximum Gasteiger partial charge on any atom is 0.161 e. The van der Waals surface area contributed by atoms with E-state index < -0.39 is 0 Å². The third-order valence-corrected chi connectivity index (χ3v) is 7.46. The fourth-order valence-corrected chi connectivity index (χ4v) is 5.35. The SMILES string of the molecule is C=CC1(C)c2ccccc2N2c3cnc(-c4ccccc4C)nc3N(C)C2C1(C)C. The van der Waals surface area contributed by atoms with Gasteiger partial charge in [-0.25, -0.2) is 9.97 Å². The Kier molecular flexibility index (Phi) is 3.88. The molecular weight excluding hydrogens is 368 g/mol. The molecule has 2 atom stereocenters. The van der Waals surface area contributed by atoms with E-state index >= 15 is 0 Å². The minimum atomic E-state index is -0.173. The molecule has 0 fully saturated rings. The van der Waals surface area contributed by atoms with Gasteiger partial charge in [0.15, 0.2) is 11.6 Å². The number of para-hydroxylation sites is 1. The van der Waals surface area contributed by atoms with Crippen molar-refractivity contribution in [2.75, 3.05) is 16.8 Å². The molecule has 4 nitrogen and oxygen atoms in total. The van der Waals surface area contributed by atoms with E-state index in [1.54, 1.807) is 0 Å². The zero-order chi connectivity index (χ0) is 21.3. The van der Waals surface area contributed by atoms with Crippen LogP contribution in [0.3, 0.4) is 0 Å². The van der Waals surface area contributed by atoms with Crippen LogP contribution in [0.2, 0.25) is 0 Å². The van der Waals surface area contributed by atoms with Gasteiger partial charge in [-0.3, -0.25) is 0 Å². The molecule has 30 heavy (non-hydrogen) atoms. The summed E-state index contributed by atoms with van der Waals surface area (Å²) in [7, 11) is 2.15. The van der Waals surface area contributed by atoms with Gasteiger partial charge in [-0.2, -0.15) is 0 Å². The largest absolute Gasteiger partial charge is 0.336 e. The van der Waals surface area contributed by atoms with Gasteiger partial charge in [-0.15, -0.1) is 6.58 Å². The highest BCUT2D eigenvalue weighted by molar-refractivity contribution is 5.85. The van der Waals surface area contributed by atoms with E-state index in [4.69, 9.17) is 9.97 Å². The van der Waals surface area contributed by atoms with Gasteiger partial charge < -0.3 is 9.80 Å². The lowest BCUT2D eigenvalue weighted by Crippen LogP contribution is -2.60. The van der Waals surface area contributed by atoms with Crippen LogP contribution in [0.5, 0.6) is 0 Å². The molecule has 2 aromatic carbocycles. The summed E-state index contributed by atoms with van der Waals surface area (Å²) < 4.78 is 0. The minimum absolute atomic E-state index is 0.110. The van der Waals surface area contributed by atoms with Crippen LogP contribution in [0, 0.1) is 12.3 Å². The predicted molar refractivity (Wildman–Crippen MR) is 124 cm³/mol. The summed E-state index contributed by atoms with van der Waals surface area (Å²) in [5.74, 6) is 1.75. The van der Waals surface area contributed by atoms with Gasteiger partial charge in [0.1, 0.15) is 11.9 Å². The van der Waals surface area contributed by atoms with Crippen molar-refractivity contribution in [3.63, 3.8) is 0 Å². The van der Waals surface area contributed by atoms with Crippen LogP contribution >= 0.6 is 0 Å². The lowest BCUT2D eigenvalue weighted by Gasteiger charge is -2.56. The summed E-state index contributed by atoms with van der Waals surface area (Å²) in [5.41, 5.74) is 5.54. The first-order valence-electron chi connectivity index (χ1n) is 10.5. The minimum Gasteiger partial charge on any atom is -0.336 e. The highest BCUT2D eigenvalue weighted by Gasteiger charge is 2.58. The average molecular weight is 397 g/mol. The van der Waals surface area contributed by atoms with Crippen molar-refractivity contribution >= 4 is 17.2 Å². The first kappa shape index (κ1) is 18.9. The second-order valence-electron chi connectivity index (χ2n) is 9.22. The van der Waals surface area contributed by atoms with Crippen molar-refractivity contribution in [3.05, 3.63) is 78.5 Å². The van der Waals surface area contributed by atoms with Crippen LogP contribution in [0.4, 0.5) is 17.2 Å². The van der Waals surface area contributed by atoms with Crippen LogP contribution in [-0.2, 0) is 5.41 Å². The third-order valence-electron chi connectivity index (χ3n) is 7.46. The topological polar surface area (TPSA) is 32.3 Å². The Labute approximate surface area is 178 Å². The molecule has 0 spiro atoms. The first-order chi connectivity index (χ1) is 14.3. The number of anilines is 3. The van der Waals surface area contributed by atoms with Crippen molar-refractivity contribution < 1.29 is 0 Å². The maximum absolute atomic E-state index is 5.05. The third kappa shape index (κ3) is 2.22. The Morgan fingerprint density at radius 1 is 1.00 bits per heavy atom. The number of hydrogen-bond acceptors (Lipinski definition) is 4. The van der Waals surface area contributed by atoms with E-state index in [0.717, 1.165) is 22.9 Å². The number of aryl methyl sites for hydroxylation is 1. The number of benzene rings is 2. The van der Waals surface area contributed by atoms with E-state index in [0.29, 0.717) is 0 Å². The van der Waals surface area contributed by atoms with Crippen LogP contribution in [-0.4, -0.2) is 23.2 Å². The Bertz CT molecular complexity index is 1170. The molecule has 0 saturated heterocycles. The number of rotatable bonds is 2. The van der Waals surface area contributed by atoms with E-state index in [9.17, 15) is 0 Å². The van der Waals surface area contributed by atoms with Crippen LogP contribution in [0.15, 0.2) is 67.4 Å². The van der Waals surface area contributed by atoms with Gasteiger partial charge in [0, 0.05) is 29.1 Å². The molecular formula is C26H28N4. The zero-order valence-electron chi connectivity index (χ0n) is 18.3. The van der Waals surface area contributed by atoms with Crippen LogP contribution in [0.25, 0.3) is 11.4 Å². The molecule has 0 amide bonds. The fraction of sp³-hybridized carbons (Fsp3) is 0.308. The molecule has 2 aliphatic heterocycles. The highest BCUT2D eigenvalue weighted by atomic mass is 15.5. The molecule has 2 aliphatic rings. The van der Waals surface area contributed by atoms with Crippen LogP contribution < -0.4 is 9.80 Å². The molecule has 5 rings (SSSR count). The Morgan fingerprint density at radius 2 is 1.70 bits per heavy atom. The zero-order valence-corrected chi connectivity index (χ0v) is 18.3. The summed E-state index contributed by atoms with van der Waals surface area (Å²) in [5, 5.41) is 0. The highest BCUT2D eigenvalue weighted by Crippen LogP contribution is 2.60. The lowest BCUT2D eigenvalue weighted by atomic mass is 9.58. The van der Waals surface area contributed by atoms with Gasteiger partial charge in [-0.1, -0.05) is 69.3 Å². The van der Waals surface area contributed by atoms with E-state index in [-0.39, 0.29) is 17.0 Å². The molecule has 2 unspecified atom stereocenters. The lowest BCUT2D eigenvalue weighted by molar-refractivity contribution is 0.168. The Morgan fingerprint density at radius 3 is 2.43 bits per heavy atom. The summed E-state index contributed by atoms with van der Waals surface area (Å²) in [6, 6.07) is 17.0. The molecule has 0 N–H and O–H groups in total. The predicted octanol–water partition coefficient (Wildman–Crippen LogP) is 5.85. The van der Waals surface area contributed by atoms with Crippen molar-refractivity contribution in [2.45, 2.75) is 39.3 Å². The molecule has 0 aliphatic carbocycles. The molecule has 3 aromatic rings. The van der Waals surface area contributed by atoms with Gasteiger partial charge in [0.25, 0.3) is 0 Å². The van der Waals surface area contributed by atoms with E-state index in [2.05, 4.69) is 93.6 Å².